The molecule has 110 valence electrons. The van der Waals surface area contributed by atoms with Crippen molar-refractivity contribution < 1.29 is 18.3 Å². The highest BCUT2D eigenvalue weighted by Crippen LogP contribution is 2.21. The van der Waals surface area contributed by atoms with Crippen molar-refractivity contribution in [1.82, 2.24) is 10.3 Å². The third-order valence-corrected chi connectivity index (χ3v) is 2.90. The number of alkyl halides is 2. The molecule has 1 amide bonds. The molecule has 21 heavy (non-hydrogen) atoms. The van der Waals surface area contributed by atoms with E-state index in [1.165, 1.54) is 18.2 Å². The fourth-order valence-electron chi connectivity index (χ4n) is 1.86. The standard InChI is InChI=1S/C15H14F2N2O2/c1-10(11-6-8-18-9-7-11)19-14(20)12-4-2-3-5-13(12)21-15(16)17/h2-10,15H,1H3,(H,19,20). The second kappa shape index (κ2) is 6.78. The molecule has 1 heterocycles. The lowest BCUT2D eigenvalue weighted by Crippen LogP contribution is -2.27. The topological polar surface area (TPSA) is 51.2 Å². The number of rotatable bonds is 5. The van der Waals surface area contributed by atoms with Crippen molar-refractivity contribution >= 4 is 5.91 Å². The van der Waals surface area contributed by atoms with E-state index in [0.29, 0.717) is 0 Å². The number of carbonyl (C=O) groups is 1. The summed E-state index contributed by atoms with van der Waals surface area (Å²) >= 11 is 0. The van der Waals surface area contributed by atoms with Crippen LogP contribution in [0.15, 0.2) is 48.8 Å². The van der Waals surface area contributed by atoms with Crippen LogP contribution in [0.1, 0.15) is 28.9 Å². The second-order valence-corrected chi connectivity index (χ2v) is 4.35. The number of benzene rings is 1. The molecule has 0 bridgehead atoms. The van der Waals surface area contributed by atoms with Gasteiger partial charge < -0.3 is 10.1 Å². The lowest BCUT2D eigenvalue weighted by atomic mass is 10.1. The van der Waals surface area contributed by atoms with E-state index in [1.54, 1.807) is 37.5 Å². The third kappa shape index (κ3) is 3.98. The number of hydrogen-bond donors (Lipinski definition) is 1. The zero-order valence-electron chi connectivity index (χ0n) is 11.3. The van der Waals surface area contributed by atoms with Gasteiger partial charge in [-0.05, 0) is 36.8 Å². The molecule has 1 N–H and O–H groups in total. The molecule has 0 saturated carbocycles. The normalized spacial score (nSPS) is 12.0. The van der Waals surface area contributed by atoms with E-state index in [9.17, 15) is 13.6 Å². The van der Waals surface area contributed by atoms with Gasteiger partial charge in [0.05, 0.1) is 11.6 Å². The summed E-state index contributed by atoms with van der Waals surface area (Å²) in [5, 5.41) is 2.73. The highest BCUT2D eigenvalue weighted by Gasteiger charge is 2.17. The molecule has 0 spiro atoms. The number of pyridine rings is 1. The van der Waals surface area contributed by atoms with E-state index in [0.717, 1.165) is 5.56 Å². The quantitative estimate of drug-likeness (QED) is 0.921. The van der Waals surface area contributed by atoms with Gasteiger partial charge in [0.25, 0.3) is 5.91 Å². The van der Waals surface area contributed by atoms with Gasteiger partial charge in [-0.3, -0.25) is 9.78 Å². The molecular formula is C15H14F2N2O2. The Morgan fingerprint density at radius 3 is 2.52 bits per heavy atom. The molecule has 0 fully saturated rings. The predicted molar refractivity (Wildman–Crippen MR) is 73.2 cm³/mol. The second-order valence-electron chi connectivity index (χ2n) is 4.35. The number of carbonyl (C=O) groups excluding carboxylic acids is 1. The van der Waals surface area contributed by atoms with Gasteiger partial charge in [-0.1, -0.05) is 12.1 Å². The first-order valence-electron chi connectivity index (χ1n) is 6.32. The summed E-state index contributed by atoms with van der Waals surface area (Å²) in [5.74, 6) is -0.623. The predicted octanol–water partition coefficient (Wildman–Crippen LogP) is 3.17. The molecule has 4 nitrogen and oxygen atoms in total. The first kappa shape index (κ1) is 14.9. The average molecular weight is 292 g/mol. The van der Waals surface area contributed by atoms with Crippen LogP contribution in [0, 0.1) is 0 Å². The number of hydrogen-bond acceptors (Lipinski definition) is 3. The minimum absolute atomic E-state index is 0.0682. The van der Waals surface area contributed by atoms with Gasteiger partial charge in [0.2, 0.25) is 0 Å². The van der Waals surface area contributed by atoms with Gasteiger partial charge in [-0.2, -0.15) is 8.78 Å². The number of ether oxygens (including phenoxy) is 1. The summed E-state index contributed by atoms with van der Waals surface area (Å²) in [6.45, 7) is -1.18. The minimum atomic E-state index is -2.98. The van der Waals surface area contributed by atoms with Crippen LogP contribution < -0.4 is 10.1 Å². The Morgan fingerprint density at radius 1 is 1.19 bits per heavy atom. The van der Waals surface area contributed by atoms with Crippen LogP contribution in [0.25, 0.3) is 0 Å². The van der Waals surface area contributed by atoms with E-state index in [1.807, 2.05) is 0 Å². The Kier molecular flexibility index (Phi) is 4.81. The van der Waals surface area contributed by atoms with Gasteiger partial charge in [0.15, 0.2) is 0 Å². The molecule has 0 aliphatic rings. The average Bonchev–Trinajstić information content (AvgIpc) is 2.48. The first-order chi connectivity index (χ1) is 10.1. The Bertz CT molecular complexity index is 606. The van der Waals surface area contributed by atoms with Crippen LogP contribution in [0.4, 0.5) is 8.78 Å². The van der Waals surface area contributed by atoms with Crippen molar-refractivity contribution in [2.24, 2.45) is 0 Å². The summed E-state index contributed by atoms with van der Waals surface area (Å²) in [6.07, 6.45) is 3.23. The van der Waals surface area contributed by atoms with Gasteiger partial charge in [-0.15, -0.1) is 0 Å². The van der Waals surface area contributed by atoms with Crippen LogP contribution in [0.5, 0.6) is 5.75 Å². The molecule has 2 aromatic rings. The van der Waals surface area contributed by atoms with Crippen molar-refractivity contribution in [1.29, 1.82) is 0 Å². The smallest absolute Gasteiger partial charge is 0.387 e. The van der Waals surface area contributed by atoms with E-state index >= 15 is 0 Å². The van der Waals surface area contributed by atoms with Crippen molar-refractivity contribution in [2.75, 3.05) is 0 Å². The summed E-state index contributed by atoms with van der Waals surface area (Å²) in [7, 11) is 0. The maximum Gasteiger partial charge on any atom is 0.387 e. The molecule has 6 heteroatoms. The Balaban J connectivity index is 2.14. The zero-order chi connectivity index (χ0) is 15.2. The molecule has 2 rings (SSSR count). The maximum atomic E-state index is 12.3. The number of amides is 1. The summed E-state index contributed by atoms with van der Waals surface area (Å²) in [6, 6.07) is 9.15. The fourth-order valence-corrected chi connectivity index (χ4v) is 1.86. The molecule has 1 atom stereocenters. The number of nitrogens with one attached hydrogen (secondary N) is 1. The monoisotopic (exact) mass is 292 g/mol. The highest BCUT2D eigenvalue weighted by molar-refractivity contribution is 5.97. The summed E-state index contributed by atoms with van der Waals surface area (Å²) in [5.41, 5.74) is 0.935. The van der Waals surface area contributed by atoms with Crippen LogP contribution in [0.2, 0.25) is 0 Å². The van der Waals surface area contributed by atoms with Crippen molar-refractivity contribution in [3.63, 3.8) is 0 Å². The summed E-state index contributed by atoms with van der Waals surface area (Å²) < 4.78 is 29.0. The van der Waals surface area contributed by atoms with Crippen molar-refractivity contribution in [3.05, 3.63) is 59.9 Å². The Hall–Kier alpha value is -2.50. The van der Waals surface area contributed by atoms with Gasteiger partial charge in [0.1, 0.15) is 5.75 Å². The number of para-hydroxylation sites is 1. The SMILES string of the molecule is CC(NC(=O)c1ccccc1OC(F)F)c1ccncc1. The number of nitrogens with zero attached hydrogens (tertiary/aromatic N) is 1. The zero-order valence-corrected chi connectivity index (χ0v) is 11.3. The van der Waals surface area contributed by atoms with Crippen molar-refractivity contribution in [2.45, 2.75) is 19.6 Å². The van der Waals surface area contributed by atoms with E-state index < -0.39 is 12.5 Å². The van der Waals surface area contributed by atoms with E-state index in [-0.39, 0.29) is 17.4 Å². The maximum absolute atomic E-state index is 12.3. The molecule has 0 aliphatic carbocycles. The molecule has 0 radical (unpaired) electrons. The van der Waals surface area contributed by atoms with Gasteiger partial charge in [0, 0.05) is 12.4 Å². The largest absolute Gasteiger partial charge is 0.434 e. The van der Waals surface area contributed by atoms with Crippen LogP contribution >= 0.6 is 0 Å². The lowest BCUT2D eigenvalue weighted by molar-refractivity contribution is -0.0501. The Morgan fingerprint density at radius 2 is 1.86 bits per heavy atom. The lowest BCUT2D eigenvalue weighted by Gasteiger charge is -2.16. The molecule has 1 aromatic heterocycles. The number of aromatic nitrogens is 1. The van der Waals surface area contributed by atoms with E-state index in [4.69, 9.17) is 0 Å². The van der Waals surface area contributed by atoms with Gasteiger partial charge >= 0.3 is 6.61 Å². The molecule has 1 aromatic carbocycles. The van der Waals surface area contributed by atoms with Gasteiger partial charge in [-0.25, -0.2) is 0 Å². The first-order valence-corrected chi connectivity index (χ1v) is 6.32. The van der Waals surface area contributed by atoms with E-state index in [2.05, 4.69) is 15.0 Å². The molecule has 0 aliphatic heterocycles. The highest BCUT2D eigenvalue weighted by atomic mass is 19.3. The van der Waals surface area contributed by atoms with Crippen LogP contribution in [-0.4, -0.2) is 17.5 Å². The molecule has 0 saturated heterocycles. The number of halogens is 2. The molecule has 1 unspecified atom stereocenters. The van der Waals surface area contributed by atoms with Crippen molar-refractivity contribution in [3.8, 4) is 5.75 Å². The fraction of sp³-hybridized carbons (Fsp3) is 0.200. The molecular weight excluding hydrogens is 278 g/mol. The third-order valence-electron chi connectivity index (χ3n) is 2.90. The Labute approximate surface area is 120 Å². The van der Waals surface area contributed by atoms with Crippen LogP contribution in [-0.2, 0) is 0 Å². The van der Waals surface area contributed by atoms with Crippen LogP contribution in [0.3, 0.4) is 0 Å². The minimum Gasteiger partial charge on any atom is -0.434 e. The summed E-state index contributed by atoms with van der Waals surface area (Å²) in [4.78, 5) is 16.1.